The number of urea groups is 1. The fourth-order valence-electron chi connectivity index (χ4n) is 6.16. The van der Waals surface area contributed by atoms with Gasteiger partial charge >= 0.3 is 6.03 Å². The van der Waals surface area contributed by atoms with Crippen molar-refractivity contribution in [2.45, 2.75) is 63.3 Å². The van der Waals surface area contributed by atoms with E-state index in [0.29, 0.717) is 36.2 Å². The molecule has 0 bridgehead atoms. The topological polar surface area (TPSA) is 148 Å². The molecule has 3 N–H and O–H groups in total. The molecule has 4 heterocycles. The highest BCUT2D eigenvalue weighted by atomic mass is 16.3. The van der Waals surface area contributed by atoms with E-state index in [1.165, 1.54) is 0 Å². The first-order chi connectivity index (χ1) is 22.0. The molecule has 45 heavy (non-hydrogen) atoms. The van der Waals surface area contributed by atoms with Gasteiger partial charge in [-0.3, -0.25) is 9.58 Å². The summed E-state index contributed by atoms with van der Waals surface area (Å²) in [6.45, 7) is 1.62. The van der Waals surface area contributed by atoms with Crippen LogP contribution in [-0.4, -0.2) is 67.1 Å². The Labute approximate surface area is 262 Å². The smallest absolute Gasteiger partial charge is 0.323 e. The van der Waals surface area contributed by atoms with Crippen molar-refractivity contribution in [3.8, 4) is 17.2 Å². The van der Waals surface area contributed by atoms with Crippen molar-refractivity contribution in [1.29, 1.82) is 5.26 Å². The fraction of sp³-hybridized carbons (Fsp3) is 0.394. The number of β-amino-alcohol motifs (C(OH)–C–C–N with tert-alkyl or cyclic N) is 1. The van der Waals surface area contributed by atoms with Crippen LogP contribution < -0.4 is 20.4 Å². The van der Waals surface area contributed by atoms with Crippen molar-refractivity contribution in [1.82, 2.24) is 30.0 Å². The van der Waals surface area contributed by atoms with E-state index in [1.54, 1.807) is 28.2 Å². The van der Waals surface area contributed by atoms with Crippen LogP contribution in [0.2, 0.25) is 0 Å². The molecule has 3 aromatic heterocycles. The Morgan fingerprint density at radius 1 is 1.04 bits per heavy atom. The van der Waals surface area contributed by atoms with Crippen molar-refractivity contribution < 1.29 is 9.90 Å². The van der Waals surface area contributed by atoms with Gasteiger partial charge in [-0.15, -0.1) is 0 Å². The average molecular weight is 607 g/mol. The maximum Gasteiger partial charge on any atom is 0.323 e. The van der Waals surface area contributed by atoms with Gasteiger partial charge in [0.15, 0.2) is 5.82 Å². The lowest BCUT2D eigenvalue weighted by Gasteiger charge is -2.36. The van der Waals surface area contributed by atoms with Crippen LogP contribution >= 0.6 is 0 Å². The van der Waals surface area contributed by atoms with Crippen LogP contribution in [0.3, 0.4) is 0 Å². The number of anilines is 3. The molecule has 1 atom stereocenters. The minimum absolute atomic E-state index is 0.0390. The summed E-state index contributed by atoms with van der Waals surface area (Å²) in [5, 5.41) is 30.6. The number of carbonyl (C=O) groups is 1. The normalized spacial score (nSPS) is 19.8. The van der Waals surface area contributed by atoms with Gasteiger partial charge in [-0.1, -0.05) is 30.3 Å². The maximum absolute atomic E-state index is 13.7. The van der Waals surface area contributed by atoms with E-state index < -0.39 is 6.10 Å². The Kier molecular flexibility index (Phi) is 9.17. The third kappa shape index (κ3) is 7.21. The van der Waals surface area contributed by atoms with Crippen molar-refractivity contribution in [3.63, 3.8) is 0 Å². The Morgan fingerprint density at radius 2 is 1.87 bits per heavy atom. The fourth-order valence-corrected chi connectivity index (χ4v) is 6.16. The van der Waals surface area contributed by atoms with E-state index in [0.717, 1.165) is 61.8 Å². The van der Waals surface area contributed by atoms with E-state index in [9.17, 15) is 15.2 Å². The number of aromatic nitrogens is 5. The summed E-state index contributed by atoms with van der Waals surface area (Å²) >= 11 is 0. The minimum atomic E-state index is -0.430. The van der Waals surface area contributed by atoms with Gasteiger partial charge in [-0.05, 0) is 56.2 Å². The van der Waals surface area contributed by atoms with Gasteiger partial charge in [0, 0.05) is 62.3 Å². The SMILES string of the molecule is Cn1cc(-c2ccc(N(C(=O)NCc3ccccc3)C3CCC(Nc4ncc(C#N)c(N5CCCC(O)C5)n4)CC3)nc2)cn1. The van der Waals surface area contributed by atoms with Crippen molar-refractivity contribution >= 4 is 23.6 Å². The van der Waals surface area contributed by atoms with Gasteiger partial charge in [0.05, 0.1) is 18.5 Å². The first-order valence-corrected chi connectivity index (χ1v) is 15.5. The Bertz CT molecular complexity index is 1630. The summed E-state index contributed by atoms with van der Waals surface area (Å²) in [5.74, 6) is 1.63. The Hall–Kier alpha value is -5.02. The Balaban J connectivity index is 1.15. The van der Waals surface area contributed by atoms with Crippen LogP contribution in [0.1, 0.15) is 49.7 Å². The van der Waals surface area contributed by atoms with Crippen LogP contribution in [0.15, 0.2) is 67.3 Å². The van der Waals surface area contributed by atoms with Crippen LogP contribution in [0, 0.1) is 11.3 Å². The summed E-state index contributed by atoms with van der Waals surface area (Å²) in [6, 6.07) is 15.8. The molecule has 232 valence electrons. The molecule has 0 spiro atoms. The zero-order valence-electron chi connectivity index (χ0n) is 25.4. The molecule has 1 aliphatic heterocycles. The predicted octanol–water partition coefficient (Wildman–Crippen LogP) is 4.24. The number of pyridine rings is 1. The lowest BCUT2D eigenvalue weighted by Crippen LogP contribution is -2.49. The number of nitrogens with one attached hydrogen (secondary N) is 2. The summed E-state index contributed by atoms with van der Waals surface area (Å²) in [7, 11) is 1.88. The molecule has 2 fully saturated rings. The molecule has 6 rings (SSSR count). The third-order valence-corrected chi connectivity index (χ3v) is 8.52. The molecular weight excluding hydrogens is 568 g/mol. The monoisotopic (exact) mass is 606 g/mol. The number of amides is 2. The zero-order valence-corrected chi connectivity index (χ0v) is 25.4. The van der Waals surface area contributed by atoms with Crippen molar-refractivity contribution in [3.05, 3.63) is 78.4 Å². The van der Waals surface area contributed by atoms with Gasteiger partial charge in [0.1, 0.15) is 17.5 Å². The number of hydrogen-bond donors (Lipinski definition) is 3. The second kappa shape index (κ2) is 13.7. The molecule has 1 unspecified atom stereocenters. The molecule has 2 amide bonds. The third-order valence-electron chi connectivity index (χ3n) is 8.52. The molecule has 1 saturated carbocycles. The molecule has 1 aromatic carbocycles. The summed E-state index contributed by atoms with van der Waals surface area (Å²) in [6.07, 6.45) is 11.4. The van der Waals surface area contributed by atoms with Crippen LogP contribution in [0.25, 0.3) is 11.1 Å². The van der Waals surface area contributed by atoms with Gasteiger partial charge < -0.3 is 20.6 Å². The number of piperidine rings is 1. The van der Waals surface area contributed by atoms with E-state index in [2.05, 4.69) is 26.8 Å². The van der Waals surface area contributed by atoms with Crippen LogP contribution in [0.4, 0.5) is 22.4 Å². The first-order valence-electron chi connectivity index (χ1n) is 15.5. The number of nitrogens with zero attached hydrogens (tertiary/aromatic N) is 8. The molecule has 0 radical (unpaired) electrons. The van der Waals surface area contributed by atoms with Crippen LogP contribution in [-0.2, 0) is 13.6 Å². The van der Waals surface area contributed by atoms with E-state index in [1.807, 2.05) is 60.6 Å². The standard InChI is InChI=1S/C33H38N10O2/c1-41-21-26(20-38-41)24-9-14-30(35-18-24)43(33(45)37-17-23-6-3-2-4-7-23)28-12-10-27(11-13-28)39-32-36-19-25(16-34)31(40-32)42-15-5-8-29(44)22-42/h2-4,6-7,9,14,18-21,27-29,44H,5,8,10-13,15,17,22H2,1H3,(H,37,45)(H,36,39,40). The highest BCUT2D eigenvalue weighted by molar-refractivity contribution is 5.91. The molecule has 12 nitrogen and oxygen atoms in total. The average Bonchev–Trinajstić information content (AvgIpc) is 3.51. The summed E-state index contributed by atoms with van der Waals surface area (Å²) in [5.41, 5.74) is 3.33. The number of aliphatic hydroxyl groups excluding tert-OH is 1. The van der Waals surface area contributed by atoms with E-state index in [-0.39, 0.29) is 18.1 Å². The number of benzene rings is 1. The van der Waals surface area contributed by atoms with E-state index >= 15 is 0 Å². The summed E-state index contributed by atoms with van der Waals surface area (Å²) in [4.78, 5) is 31.3. The van der Waals surface area contributed by atoms with Gasteiger partial charge in [-0.2, -0.15) is 15.3 Å². The Morgan fingerprint density at radius 3 is 2.56 bits per heavy atom. The molecule has 1 aliphatic carbocycles. The summed E-state index contributed by atoms with van der Waals surface area (Å²) < 4.78 is 1.75. The lowest BCUT2D eigenvalue weighted by atomic mass is 9.90. The molecule has 4 aromatic rings. The first kappa shape index (κ1) is 30.0. The molecular formula is C33H38N10O2. The van der Waals surface area contributed by atoms with E-state index in [4.69, 9.17) is 9.97 Å². The molecule has 12 heteroatoms. The van der Waals surface area contributed by atoms with Gasteiger partial charge in [-0.25, -0.2) is 14.8 Å². The molecule has 2 aliphatic rings. The van der Waals surface area contributed by atoms with Crippen molar-refractivity contribution in [2.24, 2.45) is 7.05 Å². The number of carbonyl (C=O) groups excluding carboxylic acids is 1. The van der Waals surface area contributed by atoms with Crippen LogP contribution in [0.5, 0.6) is 0 Å². The number of aryl methyl sites for hydroxylation is 1. The number of hydrogen-bond acceptors (Lipinski definition) is 9. The molecule has 1 saturated heterocycles. The predicted molar refractivity (Wildman–Crippen MR) is 171 cm³/mol. The highest BCUT2D eigenvalue weighted by Crippen LogP contribution is 2.30. The zero-order chi connectivity index (χ0) is 31.2. The number of nitriles is 1. The quantitative estimate of drug-likeness (QED) is 0.268. The van der Waals surface area contributed by atoms with Gasteiger partial charge in [0.25, 0.3) is 0 Å². The minimum Gasteiger partial charge on any atom is -0.391 e. The van der Waals surface area contributed by atoms with Crippen molar-refractivity contribution in [2.75, 3.05) is 28.2 Å². The second-order valence-electron chi connectivity index (χ2n) is 11.8. The van der Waals surface area contributed by atoms with Gasteiger partial charge in [0.2, 0.25) is 5.95 Å². The number of rotatable bonds is 8. The second-order valence-corrected chi connectivity index (χ2v) is 11.8. The largest absolute Gasteiger partial charge is 0.391 e. The lowest BCUT2D eigenvalue weighted by molar-refractivity contribution is 0.154. The maximum atomic E-state index is 13.7. The highest BCUT2D eigenvalue weighted by Gasteiger charge is 2.31. The number of aliphatic hydroxyl groups is 1.